The van der Waals surface area contributed by atoms with E-state index in [0.717, 1.165) is 6.07 Å². The number of hydrogen-bond donors (Lipinski definition) is 1. The van der Waals surface area contributed by atoms with E-state index < -0.39 is 17.4 Å². The Morgan fingerprint density at radius 1 is 1.38 bits per heavy atom. The van der Waals surface area contributed by atoms with Crippen molar-refractivity contribution in [2.45, 2.75) is 18.8 Å². The number of nitrogens with two attached hydrogens (primary N) is 1. The molecule has 1 fully saturated rings. The highest BCUT2D eigenvalue weighted by atomic mass is 19.1. The van der Waals surface area contributed by atoms with E-state index in [1.54, 1.807) is 6.92 Å². The van der Waals surface area contributed by atoms with Crippen LogP contribution in [0.25, 0.3) is 0 Å². The van der Waals surface area contributed by atoms with Crippen molar-refractivity contribution in [1.29, 1.82) is 0 Å². The molecule has 88 valence electrons. The van der Waals surface area contributed by atoms with Crippen LogP contribution in [0, 0.1) is 11.6 Å². The van der Waals surface area contributed by atoms with Crippen molar-refractivity contribution in [3.63, 3.8) is 0 Å². The fourth-order valence-electron chi connectivity index (χ4n) is 1.72. The van der Waals surface area contributed by atoms with Crippen LogP contribution in [0.3, 0.4) is 0 Å². The number of halogens is 2. The van der Waals surface area contributed by atoms with Gasteiger partial charge in [0.25, 0.3) is 0 Å². The third-order valence-corrected chi connectivity index (χ3v) is 2.59. The molecule has 1 saturated heterocycles. The molecular formula is C11H13F2NO2. The molecular weight excluding hydrogens is 216 g/mol. The Balaban J connectivity index is 2.29. The molecule has 1 heterocycles. The molecule has 0 aromatic heterocycles. The number of ether oxygens (including phenoxy) is 2. The van der Waals surface area contributed by atoms with Crippen molar-refractivity contribution in [2.75, 3.05) is 13.2 Å². The zero-order chi connectivity index (χ0) is 11.8. The summed E-state index contributed by atoms with van der Waals surface area (Å²) in [6.45, 7) is 2.26. The molecule has 5 heteroatoms. The van der Waals surface area contributed by atoms with E-state index in [4.69, 9.17) is 15.2 Å². The van der Waals surface area contributed by atoms with Gasteiger partial charge in [0.1, 0.15) is 11.6 Å². The van der Waals surface area contributed by atoms with Crippen molar-refractivity contribution < 1.29 is 18.3 Å². The Morgan fingerprint density at radius 2 is 2.00 bits per heavy atom. The Labute approximate surface area is 92.1 Å². The standard InChI is InChI=1S/C11H13F2NO2/c1-11(15-6-10(5-14)16-11)7-2-8(12)4-9(13)3-7/h2-4,10H,5-6,14H2,1H3. The lowest BCUT2D eigenvalue weighted by atomic mass is 10.1. The molecule has 1 aromatic carbocycles. The summed E-state index contributed by atoms with van der Waals surface area (Å²) in [7, 11) is 0. The number of hydrogen-bond acceptors (Lipinski definition) is 3. The summed E-state index contributed by atoms with van der Waals surface area (Å²) >= 11 is 0. The lowest BCUT2D eigenvalue weighted by molar-refractivity contribution is -0.160. The van der Waals surface area contributed by atoms with Crippen molar-refractivity contribution in [1.82, 2.24) is 0 Å². The first-order chi connectivity index (χ1) is 7.53. The zero-order valence-corrected chi connectivity index (χ0v) is 8.87. The number of benzene rings is 1. The first-order valence-corrected chi connectivity index (χ1v) is 5.02. The van der Waals surface area contributed by atoms with E-state index in [-0.39, 0.29) is 6.10 Å². The lowest BCUT2D eigenvalue weighted by Gasteiger charge is -2.23. The number of rotatable bonds is 2. The van der Waals surface area contributed by atoms with E-state index in [2.05, 4.69) is 0 Å². The predicted octanol–water partition coefficient (Wildman–Crippen LogP) is 1.51. The summed E-state index contributed by atoms with van der Waals surface area (Å²) in [6, 6.07) is 3.20. The van der Waals surface area contributed by atoms with Gasteiger partial charge in [0.15, 0.2) is 5.79 Å². The normalized spacial score (nSPS) is 29.6. The third-order valence-electron chi connectivity index (χ3n) is 2.59. The van der Waals surface area contributed by atoms with Crippen molar-refractivity contribution in [2.24, 2.45) is 5.73 Å². The SMILES string of the molecule is CC1(c2cc(F)cc(F)c2)OCC(CN)O1. The maximum atomic E-state index is 13.1. The largest absolute Gasteiger partial charge is 0.343 e. The molecule has 3 nitrogen and oxygen atoms in total. The summed E-state index contributed by atoms with van der Waals surface area (Å²) in [4.78, 5) is 0. The summed E-state index contributed by atoms with van der Waals surface area (Å²) in [6.07, 6.45) is -0.240. The summed E-state index contributed by atoms with van der Waals surface area (Å²) in [5, 5.41) is 0. The quantitative estimate of drug-likeness (QED) is 0.836. The molecule has 1 aliphatic rings. The Hall–Kier alpha value is -1.04. The van der Waals surface area contributed by atoms with Crippen LogP contribution >= 0.6 is 0 Å². The van der Waals surface area contributed by atoms with Gasteiger partial charge in [0, 0.05) is 18.2 Å². The van der Waals surface area contributed by atoms with Crippen LogP contribution in [0.2, 0.25) is 0 Å². The second-order valence-corrected chi connectivity index (χ2v) is 3.89. The minimum absolute atomic E-state index is 0.240. The smallest absolute Gasteiger partial charge is 0.192 e. The summed E-state index contributed by atoms with van der Waals surface area (Å²) in [5.41, 5.74) is 5.76. The second-order valence-electron chi connectivity index (χ2n) is 3.89. The van der Waals surface area contributed by atoms with E-state index in [0.29, 0.717) is 18.7 Å². The molecule has 0 saturated carbocycles. The minimum Gasteiger partial charge on any atom is -0.343 e. The first-order valence-electron chi connectivity index (χ1n) is 5.02. The third kappa shape index (κ3) is 2.07. The molecule has 0 bridgehead atoms. The van der Waals surface area contributed by atoms with Crippen LogP contribution in [0.1, 0.15) is 12.5 Å². The maximum absolute atomic E-state index is 13.1. The summed E-state index contributed by atoms with van der Waals surface area (Å²) < 4.78 is 37.0. The Bertz CT molecular complexity index is 379. The molecule has 2 rings (SSSR count). The van der Waals surface area contributed by atoms with Gasteiger partial charge in [-0.15, -0.1) is 0 Å². The highest BCUT2D eigenvalue weighted by molar-refractivity contribution is 5.22. The van der Waals surface area contributed by atoms with E-state index in [9.17, 15) is 8.78 Å². The van der Waals surface area contributed by atoms with Gasteiger partial charge in [0.2, 0.25) is 0 Å². The fraction of sp³-hybridized carbons (Fsp3) is 0.455. The van der Waals surface area contributed by atoms with Gasteiger partial charge in [-0.25, -0.2) is 8.78 Å². The Kier molecular flexibility index (Phi) is 2.92. The van der Waals surface area contributed by atoms with Crippen LogP contribution in [0.15, 0.2) is 18.2 Å². The highest BCUT2D eigenvalue weighted by Crippen LogP contribution is 2.34. The van der Waals surface area contributed by atoms with Crippen molar-refractivity contribution >= 4 is 0 Å². The van der Waals surface area contributed by atoms with Gasteiger partial charge >= 0.3 is 0 Å². The van der Waals surface area contributed by atoms with Gasteiger partial charge < -0.3 is 15.2 Å². The molecule has 2 unspecified atom stereocenters. The highest BCUT2D eigenvalue weighted by Gasteiger charge is 2.38. The van der Waals surface area contributed by atoms with Gasteiger partial charge in [-0.1, -0.05) is 0 Å². The average Bonchev–Trinajstić information content (AvgIpc) is 2.60. The summed E-state index contributed by atoms with van der Waals surface area (Å²) in [5.74, 6) is -2.42. The topological polar surface area (TPSA) is 44.5 Å². The maximum Gasteiger partial charge on any atom is 0.192 e. The van der Waals surface area contributed by atoms with E-state index >= 15 is 0 Å². The average molecular weight is 229 g/mol. The zero-order valence-electron chi connectivity index (χ0n) is 8.87. The molecule has 2 N–H and O–H groups in total. The van der Waals surface area contributed by atoms with Crippen molar-refractivity contribution in [3.8, 4) is 0 Å². The first kappa shape index (κ1) is 11.4. The molecule has 0 aliphatic carbocycles. The van der Waals surface area contributed by atoms with Gasteiger partial charge in [-0.05, 0) is 19.1 Å². The van der Waals surface area contributed by atoms with E-state index in [1.807, 2.05) is 0 Å². The van der Waals surface area contributed by atoms with Crippen LogP contribution in [-0.2, 0) is 15.3 Å². The molecule has 1 aliphatic heterocycles. The molecule has 0 radical (unpaired) electrons. The molecule has 16 heavy (non-hydrogen) atoms. The lowest BCUT2D eigenvalue weighted by Crippen LogP contribution is -2.27. The second kappa shape index (κ2) is 4.08. The molecule has 0 amide bonds. The van der Waals surface area contributed by atoms with Crippen LogP contribution < -0.4 is 5.73 Å². The fourth-order valence-corrected chi connectivity index (χ4v) is 1.72. The van der Waals surface area contributed by atoms with Crippen LogP contribution in [0.5, 0.6) is 0 Å². The predicted molar refractivity (Wildman–Crippen MR) is 53.6 cm³/mol. The monoisotopic (exact) mass is 229 g/mol. The van der Waals surface area contributed by atoms with Gasteiger partial charge in [-0.2, -0.15) is 0 Å². The van der Waals surface area contributed by atoms with Crippen LogP contribution in [-0.4, -0.2) is 19.3 Å². The minimum atomic E-state index is -1.12. The van der Waals surface area contributed by atoms with E-state index in [1.165, 1.54) is 12.1 Å². The molecule has 1 aromatic rings. The van der Waals surface area contributed by atoms with Gasteiger partial charge in [0.05, 0.1) is 12.7 Å². The molecule has 0 spiro atoms. The van der Waals surface area contributed by atoms with Gasteiger partial charge in [-0.3, -0.25) is 0 Å². The Morgan fingerprint density at radius 3 is 2.50 bits per heavy atom. The van der Waals surface area contributed by atoms with Crippen molar-refractivity contribution in [3.05, 3.63) is 35.4 Å². The van der Waals surface area contributed by atoms with Crippen LogP contribution in [0.4, 0.5) is 8.78 Å². The molecule has 2 atom stereocenters.